The summed E-state index contributed by atoms with van der Waals surface area (Å²) >= 11 is 0. The third-order valence-electron chi connectivity index (χ3n) is 7.03. The van der Waals surface area contributed by atoms with Crippen molar-refractivity contribution in [3.63, 3.8) is 0 Å². The number of aromatic hydroxyl groups is 2. The Labute approximate surface area is 195 Å². The summed E-state index contributed by atoms with van der Waals surface area (Å²) in [5.41, 5.74) is 4.68. The van der Waals surface area contributed by atoms with Crippen LogP contribution in [0.15, 0.2) is 24.3 Å². The van der Waals surface area contributed by atoms with Gasteiger partial charge in [0.25, 0.3) is 0 Å². The SMILES string of the molecule is C[C@@H]1O[C@@H](O[C@H]2C[C@@](C)(O)Cc3c(O)c4c(c(O)c32)C(=O)c2ccccc2C4=O)C[C@@H](N)[C@H]1O. The molecule has 1 saturated heterocycles. The summed E-state index contributed by atoms with van der Waals surface area (Å²) in [7, 11) is 0. The third-order valence-corrected chi connectivity index (χ3v) is 7.03. The molecule has 0 bridgehead atoms. The molecule has 5 rings (SSSR count). The summed E-state index contributed by atoms with van der Waals surface area (Å²) in [6.07, 6.45) is -3.13. The van der Waals surface area contributed by atoms with Gasteiger partial charge in [-0.1, -0.05) is 24.3 Å². The number of ether oxygens (including phenoxy) is 2. The highest BCUT2D eigenvalue weighted by Crippen LogP contribution is 2.51. The van der Waals surface area contributed by atoms with Gasteiger partial charge < -0.3 is 35.6 Å². The van der Waals surface area contributed by atoms with E-state index in [1.165, 1.54) is 12.1 Å². The Balaban J connectivity index is 1.63. The van der Waals surface area contributed by atoms with E-state index in [4.69, 9.17) is 15.2 Å². The second-order valence-corrected chi connectivity index (χ2v) is 9.71. The molecule has 34 heavy (non-hydrogen) atoms. The van der Waals surface area contributed by atoms with Crippen molar-refractivity contribution >= 4 is 11.6 Å². The van der Waals surface area contributed by atoms with E-state index in [2.05, 4.69) is 0 Å². The highest BCUT2D eigenvalue weighted by atomic mass is 16.7. The Morgan fingerprint density at radius 1 is 1.09 bits per heavy atom. The van der Waals surface area contributed by atoms with Crippen LogP contribution in [0, 0.1) is 0 Å². The Morgan fingerprint density at radius 2 is 1.68 bits per heavy atom. The summed E-state index contributed by atoms with van der Waals surface area (Å²) in [6.45, 7) is 3.22. The van der Waals surface area contributed by atoms with Crippen molar-refractivity contribution in [2.75, 3.05) is 0 Å². The van der Waals surface area contributed by atoms with Gasteiger partial charge in [-0.3, -0.25) is 9.59 Å². The summed E-state index contributed by atoms with van der Waals surface area (Å²) < 4.78 is 11.8. The average molecular weight is 469 g/mol. The third kappa shape index (κ3) is 3.43. The molecule has 0 aromatic heterocycles. The van der Waals surface area contributed by atoms with Crippen LogP contribution in [0.3, 0.4) is 0 Å². The molecule has 6 atom stereocenters. The van der Waals surface area contributed by atoms with Gasteiger partial charge in [-0.05, 0) is 13.8 Å². The number of fused-ring (bicyclic) bond motifs is 3. The number of ketones is 2. The Bertz CT molecular complexity index is 1190. The van der Waals surface area contributed by atoms with E-state index < -0.39 is 59.3 Å². The molecule has 1 heterocycles. The van der Waals surface area contributed by atoms with Gasteiger partial charge in [0.1, 0.15) is 11.5 Å². The average Bonchev–Trinajstić information content (AvgIpc) is 2.77. The Hall–Kier alpha value is -2.82. The molecular weight excluding hydrogens is 442 g/mol. The molecule has 0 amide bonds. The lowest BCUT2D eigenvalue weighted by Gasteiger charge is -2.41. The molecule has 1 fully saturated rings. The molecule has 3 aliphatic rings. The predicted molar refractivity (Wildman–Crippen MR) is 119 cm³/mol. The van der Waals surface area contributed by atoms with Crippen molar-refractivity contribution < 1.29 is 39.5 Å². The highest BCUT2D eigenvalue weighted by Gasteiger charge is 2.45. The minimum Gasteiger partial charge on any atom is -0.507 e. The molecule has 0 saturated carbocycles. The number of nitrogens with two attached hydrogens (primary N) is 1. The number of hydrogen-bond acceptors (Lipinski definition) is 9. The molecule has 0 unspecified atom stereocenters. The number of carbonyl (C=O) groups is 2. The quantitative estimate of drug-likeness (QED) is 0.350. The van der Waals surface area contributed by atoms with Gasteiger partial charge in [-0.2, -0.15) is 0 Å². The fourth-order valence-corrected chi connectivity index (χ4v) is 5.34. The van der Waals surface area contributed by atoms with E-state index in [1.807, 2.05) is 0 Å². The van der Waals surface area contributed by atoms with Gasteiger partial charge in [-0.15, -0.1) is 0 Å². The fourth-order valence-electron chi connectivity index (χ4n) is 5.34. The van der Waals surface area contributed by atoms with Gasteiger partial charge in [0, 0.05) is 47.6 Å². The Kier molecular flexibility index (Phi) is 5.30. The summed E-state index contributed by atoms with van der Waals surface area (Å²) in [5.74, 6) is -2.06. The number of benzene rings is 2. The topological polar surface area (TPSA) is 160 Å². The van der Waals surface area contributed by atoms with E-state index in [0.717, 1.165) is 0 Å². The molecule has 2 aromatic carbocycles. The highest BCUT2D eigenvalue weighted by molar-refractivity contribution is 6.30. The first-order chi connectivity index (χ1) is 16.0. The number of aliphatic hydroxyl groups excluding tert-OH is 1. The maximum Gasteiger partial charge on any atom is 0.198 e. The van der Waals surface area contributed by atoms with Gasteiger partial charge >= 0.3 is 0 Å². The van der Waals surface area contributed by atoms with Gasteiger partial charge in [0.15, 0.2) is 17.9 Å². The second-order valence-electron chi connectivity index (χ2n) is 9.71. The van der Waals surface area contributed by atoms with Crippen LogP contribution in [0.4, 0.5) is 0 Å². The first-order valence-electron chi connectivity index (χ1n) is 11.3. The minimum absolute atomic E-state index is 0.0382. The molecule has 0 radical (unpaired) electrons. The lowest BCUT2D eigenvalue weighted by atomic mass is 9.73. The zero-order chi connectivity index (χ0) is 24.5. The molecule has 2 aliphatic carbocycles. The van der Waals surface area contributed by atoms with Crippen LogP contribution in [-0.2, 0) is 15.9 Å². The monoisotopic (exact) mass is 469 g/mol. The number of rotatable bonds is 2. The van der Waals surface area contributed by atoms with Crippen LogP contribution >= 0.6 is 0 Å². The Morgan fingerprint density at radius 3 is 2.26 bits per heavy atom. The molecule has 0 spiro atoms. The number of phenolic OH excluding ortho intramolecular Hbond substituents is 2. The van der Waals surface area contributed by atoms with E-state index >= 15 is 0 Å². The smallest absolute Gasteiger partial charge is 0.198 e. The molecule has 6 N–H and O–H groups in total. The maximum absolute atomic E-state index is 13.3. The zero-order valence-corrected chi connectivity index (χ0v) is 18.8. The standard InChI is InChI=1S/C25H27NO8/c1-10-20(27)14(26)7-16(33-10)34-15-9-25(2,32)8-13-17(15)24(31)19-18(23(13)30)21(28)11-5-3-4-6-12(11)22(19)29/h3-6,10,14-16,20,27,30-32H,7-9,26H2,1-2H3/t10-,14+,15-,16-,20-,25-/m0/s1. The van der Waals surface area contributed by atoms with Crippen LogP contribution in [0.2, 0.25) is 0 Å². The van der Waals surface area contributed by atoms with Gasteiger partial charge in [0.2, 0.25) is 0 Å². The van der Waals surface area contributed by atoms with Gasteiger partial charge in [0.05, 0.1) is 35.0 Å². The molecule has 2 aromatic rings. The van der Waals surface area contributed by atoms with Crippen LogP contribution in [-0.4, -0.2) is 62.1 Å². The number of phenols is 2. The summed E-state index contributed by atoms with van der Waals surface area (Å²) in [6, 6.07) is 5.63. The van der Waals surface area contributed by atoms with Gasteiger partial charge in [-0.25, -0.2) is 0 Å². The van der Waals surface area contributed by atoms with Crippen LogP contribution < -0.4 is 5.73 Å². The lowest BCUT2D eigenvalue weighted by molar-refractivity contribution is -0.247. The van der Waals surface area contributed by atoms with E-state index in [-0.39, 0.29) is 52.6 Å². The van der Waals surface area contributed by atoms with Crippen molar-refractivity contribution in [1.82, 2.24) is 0 Å². The number of hydrogen-bond donors (Lipinski definition) is 5. The van der Waals surface area contributed by atoms with E-state index in [9.17, 15) is 30.0 Å². The zero-order valence-electron chi connectivity index (χ0n) is 18.8. The maximum atomic E-state index is 13.3. The molecular formula is C25H27NO8. The molecule has 1 aliphatic heterocycles. The summed E-state index contributed by atoms with van der Waals surface area (Å²) in [5, 5.41) is 43.4. The van der Waals surface area contributed by atoms with Crippen LogP contribution in [0.25, 0.3) is 0 Å². The van der Waals surface area contributed by atoms with Crippen molar-refractivity contribution in [2.24, 2.45) is 5.73 Å². The predicted octanol–water partition coefficient (Wildman–Crippen LogP) is 1.45. The van der Waals surface area contributed by atoms with Crippen molar-refractivity contribution in [2.45, 2.75) is 69.4 Å². The largest absolute Gasteiger partial charge is 0.507 e. The first-order valence-corrected chi connectivity index (χ1v) is 11.3. The van der Waals surface area contributed by atoms with E-state index in [0.29, 0.717) is 0 Å². The first kappa shape index (κ1) is 22.9. The number of carbonyl (C=O) groups excluding carboxylic acids is 2. The lowest BCUT2D eigenvalue weighted by Crippen LogP contribution is -2.52. The van der Waals surface area contributed by atoms with Crippen LogP contribution in [0.1, 0.15) is 75.8 Å². The molecule has 180 valence electrons. The van der Waals surface area contributed by atoms with Crippen molar-refractivity contribution in [1.29, 1.82) is 0 Å². The fraction of sp³-hybridized carbons (Fsp3) is 0.440. The van der Waals surface area contributed by atoms with Crippen molar-refractivity contribution in [3.8, 4) is 11.5 Å². The van der Waals surface area contributed by atoms with Crippen molar-refractivity contribution in [3.05, 3.63) is 57.6 Å². The number of aliphatic hydroxyl groups is 2. The summed E-state index contributed by atoms with van der Waals surface area (Å²) in [4.78, 5) is 26.5. The van der Waals surface area contributed by atoms with Crippen LogP contribution in [0.5, 0.6) is 11.5 Å². The normalized spacial score (nSPS) is 32.7. The van der Waals surface area contributed by atoms with E-state index in [1.54, 1.807) is 26.0 Å². The second kappa shape index (κ2) is 7.86. The molecule has 9 heteroatoms. The minimum atomic E-state index is -1.34. The molecule has 9 nitrogen and oxygen atoms in total.